The van der Waals surface area contributed by atoms with Gasteiger partial charge in [-0.1, -0.05) is 49.4 Å². The number of carbonyl (C=O) groups excluding carboxylic acids is 1. The van der Waals surface area contributed by atoms with Crippen molar-refractivity contribution in [3.63, 3.8) is 0 Å². The van der Waals surface area contributed by atoms with E-state index >= 15 is 0 Å². The van der Waals surface area contributed by atoms with Gasteiger partial charge in [-0.15, -0.1) is 0 Å². The average molecular weight is 317 g/mol. The maximum atomic E-state index is 12.5. The van der Waals surface area contributed by atoms with Crippen LogP contribution >= 0.6 is 0 Å². The number of nitrogens with one attached hydrogen (secondary N) is 1. The van der Waals surface area contributed by atoms with E-state index in [2.05, 4.69) is 4.72 Å². The van der Waals surface area contributed by atoms with Crippen molar-refractivity contribution in [3.8, 4) is 0 Å². The van der Waals surface area contributed by atoms with Crippen LogP contribution < -0.4 is 4.72 Å². The summed E-state index contributed by atoms with van der Waals surface area (Å²) in [6.07, 6.45) is 0.648. The third-order valence-electron chi connectivity index (χ3n) is 3.48. The second kappa shape index (κ2) is 6.85. The number of carbonyl (C=O) groups is 1. The summed E-state index contributed by atoms with van der Waals surface area (Å²) in [5.41, 5.74) is 1.42. The van der Waals surface area contributed by atoms with Gasteiger partial charge < -0.3 is 0 Å². The Morgan fingerprint density at radius 1 is 1.05 bits per heavy atom. The largest absolute Gasteiger partial charge is 0.295 e. The van der Waals surface area contributed by atoms with Crippen LogP contribution in [0.3, 0.4) is 0 Å². The summed E-state index contributed by atoms with van der Waals surface area (Å²) in [6, 6.07) is 15.1. The van der Waals surface area contributed by atoms with E-state index in [-0.39, 0.29) is 16.7 Å². The molecule has 2 rings (SSSR count). The summed E-state index contributed by atoms with van der Waals surface area (Å²) in [4.78, 5) is 11.4. The minimum atomic E-state index is -3.62. The second-order valence-electron chi connectivity index (χ2n) is 5.07. The van der Waals surface area contributed by atoms with Gasteiger partial charge in [-0.2, -0.15) is 0 Å². The molecule has 0 bridgehead atoms. The van der Waals surface area contributed by atoms with E-state index in [0.29, 0.717) is 12.0 Å². The SMILES string of the molecule is CCC(NS(=O)(=O)c1ccc(C(C)=O)cc1)c1ccccc1. The van der Waals surface area contributed by atoms with E-state index in [1.807, 2.05) is 37.3 Å². The molecule has 2 aromatic carbocycles. The number of sulfonamides is 1. The number of ketones is 1. The number of hydrogen-bond donors (Lipinski definition) is 1. The van der Waals surface area contributed by atoms with Gasteiger partial charge in [-0.25, -0.2) is 13.1 Å². The van der Waals surface area contributed by atoms with Crippen molar-refractivity contribution >= 4 is 15.8 Å². The van der Waals surface area contributed by atoms with Crippen molar-refractivity contribution in [2.75, 3.05) is 0 Å². The molecule has 0 radical (unpaired) electrons. The molecule has 116 valence electrons. The highest BCUT2D eigenvalue weighted by molar-refractivity contribution is 7.89. The number of benzene rings is 2. The molecule has 4 nitrogen and oxygen atoms in total. The molecule has 0 aromatic heterocycles. The zero-order valence-electron chi connectivity index (χ0n) is 12.6. The zero-order chi connectivity index (χ0) is 16.2. The van der Waals surface area contributed by atoms with Gasteiger partial charge in [0, 0.05) is 11.6 Å². The fourth-order valence-corrected chi connectivity index (χ4v) is 3.50. The van der Waals surface area contributed by atoms with Gasteiger partial charge in [0.15, 0.2) is 5.78 Å². The van der Waals surface area contributed by atoms with E-state index in [9.17, 15) is 13.2 Å². The van der Waals surface area contributed by atoms with Gasteiger partial charge in [0.1, 0.15) is 0 Å². The maximum Gasteiger partial charge on any atom is 0.241 e. The summed E-state index contributed by atoms with van der Waals surface area (Å²) in [7, 11) is -3.62. The fourth-order valence-electron chi connectivity index (χ4n) is 2.20. The fraction of sp³-hybridized carbons (Fsp3) is 0.235. The average Bonchev–Trinajstić information content (AvgIpc) is 2.53. The molecule has 0 aliphatic carbocycles. The highest BCUT2D eigenvalue weighted by Crippen LogP contribution is 2.20. The molecule has 0 saturated heterocycles. The van der Waals surface area contributed by atoms with E-state index in [1.165, 1.54) is 31.2 Å². The van der Waals surface area contributed by atoms with Gasteiger partial charge >= 0.3 is 0 Å². The Kier molecular flexibility index (Phi) is 5.11. The van der Waals surface area contributed by atoms with Crippen molar-refractivity contribution < 1.29 is 13.2 Å². The predicted molar refractivity (Wildman–Crippen MR) is 86.2 cm³/mol. The number of hydrogen-bond acceptors (Lipinski definition) is 3. The molecule has 1 unspecified atom stereocenters. The van der Waals surface area contributed by atoms with Crippen molar-refractivity contribution in [1.29, 1.82) is 0 Å². The maximum absolute atomic E-state index is 12.5. The lowest BCUT2D eigenvalue weighted by molar-refractivity contribution is 0.101. The minimum Gasteiger partial charge on any atom is -0.295 e. The zero-order valence-corrected chi connectivity index (χ0v) is 13.4. The van der Waals surface area contributed by atoms with Crippen LogP contribution in [0.5, 0.6) is 0 Å². The molecule has 0 heterocycles. The van der Waals surface area contributed by atoms with Crippen LogP contribution in [0.15, 0.2) is 59.5 Å². The monoisotopic (exact) mass is 317 g/mol. The lowest BCUT2D eigenvalue weighted by atomic mass is 10.1. The van der Waals surface area contributed by atoms with Gasteiger partial charge in [-0.3, -0.25) is 4.79 Å². The quantitative estimate of drug-likeness (QED) is 0.831. The lowest BCUT2D eigenvalue weighted by Gasteiger charge is -2.17. The first-order valence-corrected chi connectivity index (χ1v) is 8.60. The highest BCUT2D eigenvalue weighted by atomic mass is 32.2. The van der Waals surface area contributed by atoms with Crippen LogP contribution in [0, 0.1) is 0 Å². The second-order valence-corrected chi connectivity index (χ2v) is 6.79. The van der Waals surface area contributed by atoms with E-state index in [4.69, 9.17) is 0 Å². The summed E-state index contributed by atoms with van der Waals surface area (Å²) in [5.74, 6) is -0.0902. The van der Waals surface area contributed by atoms with Crippen LogP contribution in [-0.4, -0.2) is 14.2 Å². The molecule has 1 N–H and O–H groups in total. The predicted octanol–water partition coefficient (Wildman–Crippen LogP) is 3.32. The molecule has 0 spiro atoms. The van der Waals surface area contributed by atoms with Gasteiger partial charge in [0.05, 0.1) is 4.90 Å². The van der Waals surface area contributed by atoms with Crippen LogP contribution in [0.25, 0.3) is 0 Å². The molecule has 1 atom stereocenters. The van der Waals surface area contributed by atoms with E-state index in [0.717, 1.165) is 5.56 Å². The summed E-state index contributed by atoms with van der Waals surface area (Å²) >= 11 is 0. The molecular formula is C17H19NO3S. The first-order chi connectivity index (χ1) is 10.4. The van der Waals surface area contributed by atoms with Crippen molar-refractivity contribution in [2.45, 2.75) is 31.2 Å². The first kappa shape index (κ1) is 16.4. The van der Waals surface area contributed by atoms with Crippen molar-refractivity contribution in [3.05, 3.63) is 65.7 Å². The van der Waals surface area contributed by atoms with E-state index in [1.54, 1.807) is 0 Å². The van der Waals surface area contributed by atoms with Gasteiger partial charge in [0.25, 0.3) is 0 Å². The molecule has 0 aliphatic heterocycles. The smallest absolute Gasteiger partial charge is 0.241 e. The van der Waals surface area contributed by atoms with Crippen LogP contribution in [0.4, 0.5) is 0 Å². The standard InChI is InChI=1S/C17H19NO3S/c1-3-17(15-7-5-4-6-8-15)18-22(20,21)16-11-9-14(10-12-16)13(2)19/h4-12,17-18H,3H2,1-2H3. The molecular weight excluding hydrogens is 298 g/mol. The summed E-state index contributed by atoms with van der Waals surface area (Å²) in [5, 5.41) is 0. The Bertz CT molecular complexity index is 737. The summed E-state index contributed by atoms with van der Waals surface area (Å²) < 4.78 is 27.6. The summed E-state index contributed by atoms with van der Waals surface area (Å²) in [6.45, 7) is 3.38. The van der Waals surface area contributed by atoms with Crippen molar-refractivity contribution in [2.24, 2.45) is 0 Å². The highest BCUT2D eigenvalue weighted by Gasteiger charge is 2.20. The third kappa shape index (κ3) is 3.81. The van der Waals surface area contributed by atoms with Crippen LogP contribution in [0.1, 0.15) is 42.2 Å². The molecule has 0 aliphatic rings. The van der Waals surface area contributed by atoms with E-state index < -0.39 is 10.0 Å². The molecule has 0 fully saturated rings. The Hall–Kier alpha value is -1.98. The topological polar surface area (TPSA) is 63.2 Å². The molecule has 2 aromatic rings. The molecule has 0 saturated carbocycles. The van der Waals surface area contributed by atoms with Crippen LogP contribution in [-0.2, 0) is 10.0 Å². The Balaban J connectivity index is 2.24. The first-order valence-electron chi connectivity index (χ1n) is 7.12. The molecule has 5 heteroatoms. The lowest BCUT2D eigenvalue weighted by Crippen LogP contribution is -2.28. The Morgan fingerprint density at radius 2 is 1.64 bits per heavy atom. The third-order valence-corrected chi connectivity index (χ3v) is 4.97. The van der Waals surface area contributed by atoms with Crippen molar-refractivity contribution in [1.82, 2.24) is 4.72 Å². The minimum absolute atomic E-state index is 0.0902. The molecule has 22 heavy (non-hydrogen) atoms. The Morgan fingerprint density at radius 3 is 2.14 bits per heavy atom. The van der Waals surface area contributed by atoms with Gasteiger partial charge in [0.2, 0.25) is 10.0 Å². The van der Waals surface area contributed by atoms with Gasteiger partial charge in [-0.05, 0) is 31.0 Å². The molecule has 0 amide bonds. The Labute approximate surface area is 131 Å². The number of rotatable bonds is 6. The van der Waals surface area contributed by atoms with Crippen LogP contribution in [0.2, 0.25) is 0 Å². The number of Topliss-reactive ketones (excluding diaryl/α,β-unsaturated/α-hetero) is 1. The normalized spacial score (nSPS) is 12.8.